The van der Waals surface area contributed by atoms with Gasteiger partial charge in [-0.15, -0.1) is 11.8 Å². The zero-order valence-corrected chi connectivity index (χ0v) is 9.49. The van der Waals surface area contributed by atoms with Gasteiger partial charge in [0.25, 0.3) is 0 Å². The van der Waals surface area contributed by atoms with Crippen LogP contribution in [0.5, 0.6) is 0 Å². The minimum Gasteiger partial charge on any atom is -0.294 e. The third-order valence-corrected chi connectivity index (χ3v) is 2.84. The number of hydrogen-bond acceptors (Lipinski definition) is 2. The molecule has 0 unspecified atom stereocenters. The maximum atomic E-state index is 12.0. The van der Waals surface area contributed by atoms with Gasteiger partial charge in [-0.1, -0.05) is 18.2 Å². The summed E-state index contributed by atoms with van der Waals surface area (Å²) in [6.07, 6.45) is -4.03. The molecule has 0 spiro atoms. The molecule has 0 radical (unpaired) electrons. The van der Waals surface area contributed by atoms with Gasteiger partial charge in [-0.05, 0) is 12.3 Å². The molecule has 0 aliphatic rings. The molecule has 0 fully saturated rings. The van der Waals surface area contributed by atoms with Crippen molar-refractivity contribution in [2.75, 3.05) is 6.26 Å². The van der Waals surface area contributed by atoms with Crippen LogP contribution in [0.1, 0.15) is 23.2 Å². The number of ketones is 1. The van der Waals surface area contributed by atoms with Crippen molar-refractivity contribution >= 4 is 17.5 Å². The van der Waals surface area contributed by atoms with E-state index in [1.807, 2.05) is 0 Å². The molecule has 16 heavy (non-hydrogen) atoms. The molecule has 5 heteroatoms. The highest BCUT2D eigenvalue weighted by Gasteiger charge is 2.28. The number of rotatable bonds is 4. The van der Waals surface area contributed by atoms with E-state index < -0.39 is 24.8 Å². The molecule has 1 aromatic rings. The summed E-state index contributed by atoms with van der Waals surface area (Å²) >= 11 is 1.36. The van der Waals surface area contributed by atoms with E-state index in [0.717, 1.165) is 4.90 Å². The van der Waals surface area contributed by atoms with Gasteiger partial charge < -0.3 is 0 Å². The molecule has 0 heterocycles. The normalized spacial score (nSPS) is 11.5. The summed E-state index contributed by atoms with van der Waals surface area (Å²) in [6, 6.07) is 6.70. The van der Waals surface area contributed by atoms with Crippen LogP contribution in [0.25, 0.3) is 0 Å². The first kappa shape index (κ1) is 13.1. The van der Waals surface area contributed by atoms with Crippen LogP contribution in [-0.4, -0.2) is 18.2 Å². The summed E-state index contributed by atoms with van der Waals surface area (Å²) in [7, 11) is 0. The van der Waals surface area contributed by atoms with Crippen molar-refractivity contribution in [3.05, 3.63) is 29.8 Å². The number of halogens is 3. The maximum absolute atomic E-state index is 12.0. The van der Waals surface area contributed by atoms with Gasteiger partial charge in [-0.25, -0.2) is 0 Å². The number of alkyl halides is 3. The Kier molecular flexibility index (Phi) is 4.41. The fourth-order valence-electron chi connectivity index (χ4n) is 1.26. The summed E-state index contributed by atoms with van der Waals surface area (Å²) in [6.45, 7) is 0. The third-order valence-electron chi connectivity index (χ3n) is 2.04. The second-order valence-corrected chi connectivity index (χ2v) is 4.09. The van der Waals surface area contributed by atoms with Crippen LogP contribution in [0.15, 0.2) is 29.2 Å². The van der Waals surface area contributed by atoms with Crippen molar-refractivity contribution in [3.8, 4) is 0 Å². The molecule has 0 N–H and O–H groups in total. The Hall–Kier alpha value is -0.970. The van der Waals surface area contributed by atoms with Crippen molar-refractivity contribution in [1.82, 2.24) is 0 Å². The standard InChI is InChI=1S/C11H11F3OS/c1-16-10-5-3-2-4-8(10)9(15)6-7-11(12,13)14/h2-5H,6-7H2,1H3. The van der Waals surface area contributed by atoms with Crippen molar-refractivity contribution in [3.63, 3.8) is 0 Å². The zero-order valence-electron chi connectivity index (χ0n) is 8.67. The monoisotopic (exact) mass is 248 g/mol. The lowest BCUT2D eigenvalue weighted by Gasteiger charge is -2.07. The molecular weight excluding hydrogens is 237 g/mol. The molecule has 0 aromatic heterocycles. The smallest absolute Gasteiger partial charge is 0.294 e. The topological polar surface area (TPSA) is 17.1 Å². The lowest BCUT2D eigenvalue weighted by atomic mass is 10.1. The van der Waals surface area contributed by atoms with E-state index in [1.54, 1.807) is 30.5 Å². The summed E-state index contributed by atoms with van der Waals surface area (Å²) < 4.78 is 35.9. The second-order valence-electron chi connectivity index (χ2n) is 3.24. The predicted octanol–water partition coefficient (Wildman–Crippen LogP) is 3.93. The van der Waals surface area contributed by atoms with Gasteiger partial charge in [-0.2, -0.15) is 13.2 Å². The van der Waals surface area contributed by atoms with Crippen molar-refractivity contribution in [2.45, 2.75) is 23.9 Å². The minimum atomic E-state index is -4.27. The number of carbonyl (C=O) groups excluding carboxylic acids is 1. The number of benzene rings is 1. The van der Waals surface area contributed by atoms with Gasteiger partial charge in [0, 0.05) is 16.9 Å². The van der Waals surface area contributed by atoms with Crippen LogP contribution in [0.3, 0.4) is 0 Å². The zero-order chi connectivity index (χ0) is 12.2. The average Bonchev–Trinajstić information content (AvgIpc) is 2.25. The van der Waals surface area contributed by atoms with Crippen molar-refractivity contribution in [1.29, 1.82) is 0 Å². The number of thioether (sulfide) groups is 1. The lowest BCUT2D eigenvalue weighted by Crippen LogP contribution is -2.11. The predicted molar refractivity (Wildman–Crippen MR) is 57.8 cm³/mol. The highest BCUT2D eigenvalue weighted by Crippen LogP contribution is 2.25. The largest absolute Gasteiger partial charge is 0.389 e. The molecule has 88 valence electrons. The van der Waals surface area contributed by atoms with Gasteiger partial charge in [-0.3, -0.25) is 4.79 Å². The molecule has 0 amide bonds. The minimum absolute atomic E-state index is 0.374. The molecule has 1 rings (SSSR count). The first-order valence-electron chi connectivity index (χ1n) is 4.67. The third kappa shape index (κ3) is 3.89. The Bertz CT molecular complexity index is 374. The fourth-order valence-corrected chi connectivity index (χ4v) is 1.88. The quantitative estimate of drug-likeness (QED) is 0.593. The van der Waals surface area contributed by atoms with Crippen LogP contribution in [-0.2, 0) is 0 Å². The van der Waals surface area contributed by atoms with Gasteiger partial charge >= 0.3 is 6.18 Å². The first-order valence-corrected chi connectivity index (χ1v) is 5.89. The van der Waals surface area contributed by atoms with Crippen LogP contribution in [0.4, 0.5) is 13.2 Å². The highest BCUT2D eigenvalue weighted by molar-refractivity contribution is 7.98. The molecule has 1 nitrogen and oxygen atoms in total. The molecule has 0 aliphatic carbocycles. The van der Waals surface area contributed by atoms with Crippen LogP contribution >= 0.6 is 11.8 Å². The van der Waals surface area contributed by atoms with E-state index in [2.05, 4.69) is 0 Å². The van der Waals surface area contributed by atoms with Gasteiger partial charge in [0.1, 0.15) is 0 Å². The van der Waals surface area contributed by atoms with Gasteiger partial charge in [0.2, 0.25) is 0 Å². The number of carbonyl (C=O) groups is 1. The Balaban J connectivity index is 2.73. The summed E-state index contributed by atoms with van der Waals surface area (Å²) in [4.78, 5) is 12.3. The molecule has 0 saturated heterocycles. The summed E-state index contributed by atoms with van der Waals surface area (Å²) in [5.74, 6) is -0.456. The van der Waals surface area contributed by atoms with Crippen LogP contribution in [0.2, 0.25) is 0 Å². The Morgan fingerprint density at radius 1 is 1.31 bits per heavy atom. The lowest BCUT2D eigenvalue weighted by molar-refractivity contribution is -0.133. The molecule has 1 aromatic carbocycles. The second kappa shape index (κ2) is 5.39. The Morgan fingerprint density at radius 3 is 2.50 bits per heavy atom. The molecule has 0 saturated carbocycles. The number of Topliss-reactive ketones (excluding diaryl/α,β-unsaturated/α-hetero) is 1. The van der Waals surface area contributed by atoms with Gasteiger partial charge in [0.15, 0.2) is 5.78 Å². The summed E-state index contributed by atoms with van der Waals surface area (Å²) in [5.41, 5.74) is 0.374. The highest BCUT2D eigenvalue weighted by atomic mass is 32.2. The Labute approximate surface area is 96.0 Å². The summed E-state index contributed by atoms with van der Waals surface area (Å²) in [5, 5.41) is 0. The van der Waals surface area contributed by atoms with Crippen molar-refractivity contribution in [2.24, 2.45) is 0 Å². The van der Waals surface area contributed by atoms with Crippen molar-refractivity contribution < 1.29 is 18.0 Å². The van der Waals surface area contributed by atoms with E-state index in [9.17, 15) is 18.0 Å². The van der Waals surface area contributed by atoms with Gasteiger partial charge in [0.05, 0.1) is 6.42 Å². The molecule has 0 aliphatic heterocycles. The van der Waals surface area contributed by atoms with E-state index in [-0.39, 0.29) is 0 Å². The molecular formula is C11H11F3OS. The van der Waals surface area contributed by atoms with Crippen LogP contribution < -0.4 is 0 Å². The maximum Gasteiger partial charge on any atom is 0.389 e. The molecule has 0 atom stereocenters. The van der Waals surface area contributed by atoms with Crippen LogP contribution in [0, 0.1) is 0 Å². The Morgan fingerprint density at radius 2 is 1.94 bits per heavy atom. The van der Waals surface area contributed by atoms with E-state index in [1.165, 1.54) is 11.8 Å². The SMILES string of the molecule is CSc1ccccc1C(=O)CCC(F)(F)F. The number of hydrogen-bond donors (Lipinski definition) is 0. The van der Waals surface area contributed by atoms with E-state index in [4.69, 9.17) is 0 Å². The average molecular weight is 248 g/mol. The first-order chi connectivity index (χ1) is 7.44. The fraction of sp³-hybridized carbons (Fsp3) is 0.364. The molecule has 0 bridgehead atoms. The van der Waals surface area contributed by atoms with E-state index >= 15 is 0 Å². The van der Waals surface area contributed by atoms with E-state index in [0.29, 0.717) is 5.56 Å².